The molecule has 158 valence electrons. The maximum absolute atomic E-state index is 12.3. The van der Waals surface area contributed by atoms with Crippen molar-refractivity contribution in [3.05, 3.63) is 43.0 Å². The van der Waals surface area contributed by atoms with E-state index < -0.39 is 30.4 Å². The van der Waals surface area contributed by atoms with E-state index in [1.54, 1.807) is 16.7 Å². The van der Waals surface area contributed by atoms with Crippen LogP contribution >= 0.6 is 0 Å². The third-order valence-electron chi connectivity index (χ3n) is 4.77. The first-order chi connectivity index (χ1) is 14.6. The van der Waals surface area contributed by atoms with Crippen molar-refractivity contribution in [3.63, 3.8) is 0 Å². The minimum Gasteiger partial charge on any atom is -0.484 e. The van der Waals surface area contributed by atoms with E-state index in [0.29, 0.717) is 16.9 Å². The highest BCUT2D eigenvalue weighted by Crippen LogP contribution is 2.33. The molecule has 3 aromatic rings. The molecule has 0 spiro atoms. The van der Waals surface area contributed by atoms with Crippen LogP contribution in [-0.2, 0) is 14.3 Å². The Morgan fingerprint density at radius 1 is 1.27 bits per heavy atom. The van der Waals surface area contributed by atoms with Crippen LogP contribution in [0.1, 0.15) is 6.23 Å². The number of anilines is 1. The maximum atomic E-state index is 12.3. The highest BCUT2D eigenvalue weighted by atomic mass is 16.6. The van der Waals surface area contributed by atoms with Gasteiger partial charge in [0.2, 0.25) is 0 Å². The summed E-state index contributed by atoms with van der Waals surface area (Å²) in [6.45, 7) is -0.556. The minimum atomic E-state index is -1.02. The topological polar surface area (TPSA) is 141 Å². The van der Waals surface area contributed by atoms with Crippen LogP contribution in [0.4, 0.5) is 5.82 Å². The number of carbonyl (C=O) groups is 1. The van der Waals surface area contributed by atoms with Crippen LogP contribution in [0.25, 0.3) is 11.2 Å². The van der Waals surface area contributed by atoms with Gasteiger partial charge in [0.15, 0.2) is 29.8 Å². The quantitative estimate of drug-likeness (QED) is 0.490. The molecule has 0 unspecified atom stereocenters. The molecule has 0 aliphatic carbocycles. The summed E-state index contributed by atoms with van der Waals surface area (Å²) in [6, 6.07) is 8.97. The van der Waals surface area contributed by atoms with Crippen molar-refractivity contribution in [3.8, 4) is 5.75 Å². The summed E-state index contributed by atoms with van der Waals surface area (Å²) in [5.74, 6) is 0.383. The molecule has 3 N–H and O–H groups in total. The van der Waals surface area contributed by atoms with E-state index >= 15 is 0 Å². The molecule has 2 aromatic heterocycles. The molecule has 1 aromatic carbocycles. The Morgan fingerprint density at radius 2 is 2.07 bits per heavy atom. The Morgan fingerprint density at radius 3 is 2.80 bits per heavy atom. The summed E-state index contributed by atoms with van der Waals surface area (Å²) in [4.78, 5) is 24.9. The van der Waals surface area contributed by atoms with Gasteiger partial charge in [0.05, 0.1) is 12.9 Å². The molecule has 1 aliphatic rings. The fraction of sp³-hybridized carbons (Fsp3) is 0.368. The van der Waals surface area contributed by atoms with Crippen LogP contribution in [-0.4, -0.2) is 74.3 Å². The number of carbonyl (C=O) groups excluding carboxylic acids is 1. The molecule has 1 fully saturated rings. The predicted octanol–water partition coefficient (Wildman–Crippen LogP) is 0.109. The average Bonchev–Trinajstić information content (AvgIpc) is 3.34. The standard InChI is InChI=1S/C19H21N5O6/c1-28-16-15(27)12(7-25)30-19(16)24-10-22-14-17(20-9-21-18(14)24)23-13(26)8-29-11-5-3-2-4-6-11/h2-6,9-10,12,15-16,19,25,27H,7-8H2,1H3,(H,20,21,23,26)/t12-,15+,16-,19-/m1/s1. The second-order valence-corrected chi connectivity index (χ2v) is 6.63. The Bertz CT molecular complexity index is 1010. The molecular weight excluding hydrogens is 394 g/mol. The number of hydrogen-bond acceptors (Lipinski definition) is 9. The highest BCUT2D eigenvalue weighted by Gasteiger charge is 2.45. The lowest BCUT2D eigenvalue weighted by Gasteiger charge is -2.19. The summed E-state index contributed by atoms with van der Waals surface area (Å²) in [5.41, 5.74) is 0.716. The molecule has 4 atom stereocenters. The number of rotatable bonds is 7. The van der Waals surface area contributed by atoms with E-state index in [9.17, 15) is 15.0 Å². The Balaban J connectivity index is 1.53. The van der Waals surface area contributed by atoms with Gasteiger partial charge in [0.1, 0.15) is 30.4 Å². The molecule has 11 heteroatoms. The third kappa shape index (κ3) is 3.83. The number of amides is 1. The van der Waals surface area contributed by atoms with Gasteiger partial charge in [0, 0.05) is 7.11 Å². The van der Waals surface area contributed by atoms with Gasteiger partial charge in [0.25, 0.3) is 5.91 Å². The normalized spacial score (nSPS) is 23.6. The van der Waals surface area contributed by atoms with Crippen LogP contribution in [0.5, 0.6) is 5.75 Å². The number of hydrogen-bond donors (Lipinski definition) is 3. The molecule has 1 amide bonds. The van der Waals surface area contributed by atoms with Gasteiger partial charge in [-0.1, -0.05) is 18.2 Å². The molecule has 1 aliphatic heterocycles. The first-order valence-electron chi connectivity index (χ1n) is 9.24. The van der Waals surface area contributed by atoms with Gasteiger partial charge >= 0.3 is 0 Å². The molecule has 0 saturated carbocycles. The summed E-state index contributed by atoms with van der Waals surface area (Å²) in [6.07, 6.45) is -0.560. The number of nitrogens with zero attached hydrogens (tertiary/aromatic N) is 4. The van der Waals surface area contributed by atoms with E-state index in [4.69, 9.17) is 14.2 Å². The largest absolute Gasteiger partial charge is 0.484 e. The van der Waals surface area contributed by atoms with E-state index in [-0.39, 0.29) is 19.0 Å². The Hall–Kier alpha value is -3.12. The smallest absolute Gasteiger partial charge is 0.263 e. The molecular formula is C19H21N5O6. The lowest BCUT2D eigenvalue weighted by Crippen LogP contribution is -2.34. The Kier molecular flexibility index (Phi) is 5.86. The number of para-hydroxylation sites is 1. The first kappa shape index (κ1) is 20.2. The number of aliphatic hydroxyl groups is 2. The number of aromatic nitrogens is 4. The number of imidazole rings is 1. The minimum absolute atomic E-state index is 0.196. The zero-order valence-corrected chi connectivity index (χ0v) is 16.1. The van der Waals surface area contributed by atoms with Gasteiger partial charge in [-0.25, -0.2) is 15.0 Å². The number of nitrogens with one attached hydrogen (secondary N) is 1. The number of methoxy groups -OCH3 is 1. The van der Waals surface area contributed by atoms with Gasteiger partial charge in [-0.3, -0.25) is 9.36 Å². The average molecular weight is 415 g/mol. The highest BCUT2D eigenvalue weighted by molar-refractivity contribution is 5.97. The predicted molar refractivity (Wildman–Crippen MR) is 104 cm³/mol. The zero-order chi connectivity index (χ0) is 21.1. The van der Waals surface area contributed by atoms with Gasteiger partial charge in [-0.15, -0.1) is 0 Å². The molecule has 30 heavy (non-hydrogen) atoms. The second-order valence-electron chi connectivity index (χ2n) is 6.63. The lowest BCUT2D eigenvalue weighted by atomic mass is 10.1. The van der Waals surface area contributed by atoms with E-state index in [1.165, 1.54) is 19.8 Å². The van der Waals surface area contributed by atoms with Gasteiger partial charge in [-0.05, 0) is 12.1 Å². The third-order valence-corrected chi connectivity index (χ3v) is 4.77. The van der Waals surface area contributed by atoms with Crippen LogP contribution < -0.4 is 10.1 Å². The summed E-state index contributed by atoms with van der Waals surface area (Å²) in [7, 11) is 1.44. The van der Waals surface area contributed by atoms with Crippen LogP contribution in [0.3, 0.4) is 0 Å². The fourth-order valence-corrected chi connectivity index (χ4v) is 3.31. The summed E-state index contributed by atoms with van der Waals surface area (Å²) >= 11 is 0. The lowest BCUT2D eigenvalue weighted by molar-refractivity contribution is -0.118. The molecule has 1 saturated heterocycles. The van der Waals surface area contributed by atoms with E-state index in [2.05, 4.69) is 20.3 Å². The maximum Gasteiger partial charge on any atom is 0.263 e. The summed E-state index contributed by atoms with van der Waals surface area (Å²) in [5, 5.41) is 22.3. The second kappa shape index (κ2) is 8.71. The molecule has 0 radical (unpaired) electrons. The molecule has 3 heterocycles. The molecule has 4 rings (SSSR count). The first-order valence-corrected chi connectivity index (χ1v) is 9.24. The number of aliphatic hydroxyl groups excluding tert-OH is 2. The molecule has 11 nitrogen and oxygen atoms in total. The number of ether oxygens (including phenoxy) is 3. The van der Waals surface area contributed by atoms with Crippen molar-refractivity contribution >= 4 is 22.9 Å². The van der Waals surface area contributed by atoms with Crippen molar-refractivity contribution in [1.29, 1.82) is 0 Å². The van der Waals surface area contributed by atoms with Crippen molar-refractivity contribution < 1.29 is 29.2 Å². The van der Waals surface area contributed by atoms with E-state index in [1.807, 2.05) is 18.2 Å². The van der Waals surface area contributed by atoms with Crippen molar-refractivity contribution in [2.24, 2.45) is 0 Å². The van der Waals surface area contributed by atoms with Crippen LogP contribution in [0, 0.1) is 0 Å². The molecule has 0 bridgehead atoms. The van der Waals surface area contributed by atoms with Crippen LogP contribution in [0.15, 0.2) is 43.0 Å². The number of fused-ring (bicyclic) bond motifs is 1. The monoisotopic (exact) mass is 415 g/mol. The van der Waals surface area contributed by atoms with Crippen LogP contribution in [0.2, 0.25) is 0 Å². The number of benzene rings is 1. The fourth-order valence-electron chi connectivity index (χ4n) is 3.31. The van der Waals surface area contributed by atoms with Gasteiger partial charge in [-0.2, -0.15) is 0 Å². The van der Waals surface area contributed by atoms with Gasteiger partial charge < -0.3 is 29.7 Å². The van der Waals surface area contributed by atoms with E-state index in [0.717, 1.165) is 0 Å². The van der Waals surface area contributed by atoms with Crippen molar-refractivity contribution in [1.82, 2.24) is 19.5 Å². The zero-order valence-electron chi connectivity index (χ0n) is 16.1. The SMILES string of the molecule is CO[C@@H]1[C@@H](O)[C@@H](CO)O[C@H]1n1cnc2c(NC(=O)COc3ccccc3)ncnc21. The summed E-state index contributed by atoms with van der Waals surface area (Å²) < 4.78 is 18.1. The Labute approximate surface area is 171 Å². The van der Waals surface area contributed by atoms with Crippen molar-refractivity contribution in [2.75, 3.05) is 25.6 Å². The van der Waals surface area contributed by atoms with Crippen molar-refractivity contribution in [2.45, 2.75) is 24.5 Å².